The summed E-state index contributed by atoms with van der Waals surface area (Å²) in [5.41, 5.74) is 9.90. The maximum Gasteiger partial charge on any atom is 0.142 e. The fourth-order valence-electron chi connectivity index (χ4n) is 2.52. The van der Waals surface area contributed by atoms with E-state index in [1.54, 1.807) is 18.6 Å². The number of hydrogen-bond donors (Lipinski definition) is 1. The Hall–Kier alpha value is -3.34. The van der Waals surface area contributed by atoms with Crippen molar-refractivity contribution in [3.63, 3.8) is 0 Å². The molecule has 5 heteroatoms. The number of hydrogen-bond acceptors (Lipinski definition) is 5. The summed E-state index contributed by atoms with van der Waals surface area (Å²) in [5, 5.41) is 1.05. The van der Waals surface area contributed by atoms with E-state index in [0.717, 1.165) is 27.9 Å². The number of nitrogen functional groups attached to an aromatic ring is 1. The molecule has 0 amide bonds. The number of nitrogens with zero attached hydrogens (tertiary/aromatic N) is 4. The van der Waals surface area contributed by atoms with Gasteiger partial charge in [0.2, 0.25) is 0 Å². The molecule has 0 radical (unpaired) electrons. The highest BCUT2D eigenvalue weighted by Crippen LogP contribution is 2.29. The second-order valence-corrected chi connectivity index (χ2v) is 5.12. The van der Waals surface area contributed by atoms with E-state index < -0.39 is 0 Å². The van der Waals surface area contributed by atoms with Gasteiger partial charge in [0.05, 0.1) is 23.1 Å². The van der Waals surface area contributed by atoms with E-state index in [1.807, 2.05) is 42.5 Å². The lowest BCUT2D eigenvalue weighted by atomic mass is 10.0. The first kappa shape index (κ1) is 13.3. The summed E-state index contributed by atoms with van der Waals surface area (Å²) in [6.45, 7) is 0. The highest BCUT2D eigenvalue weighted by molar-refractivity contribution is 5.86. The maximum absolute atomic E-state index is 5.82. The number of aromatic nitrogens is 4. The molecule has 4 rings (SSSR count). The Balaban J connectivity index is 1.94. The highest BCUT2D eigenvalue weighted by atomic mass is 14.9. The molecule has 110 valence electrons. The monoisotopic (exact) mass is 299 g/mol. The first-order valence-electron chi connectivity index (χ1n) is 7.20. The van der Waals surface area contributed by atoms with Gasteiger partial charge in [0.1, 0.15) is 11.5 Å². The molecule has 0 atom stereocenters. The number of rotatable bonds is 2. The number of fused-ring (bicyclic) bond motifs is 1. The molecule has 23 heavy (non-hydrogen) atoms. The van der Waals surface area contributed by atoms with Crippen LogP contribution in [0.25, 0.3) is 33.5 Å². The van der Waals surface area contributed by atoms with Gasteiger partial charge in [-0.05, 0) is 30.3 Å². The van der Waals surface area contributed by atoms with Gasteiger partial charge >= 0.3 is 0 Å². The summed E-state index contributed by atoms with van der Waals surface area (Å²) in [6.07, 6.45) is 5.08. The van der Waals surface area contributed by atoms with Crippen LogP contribution in [-0.2, 0) is 0 Å². The van der Waals surface area contributed by atoms with Crippen LogP contribution in [-0.4, -0.2) is 19.9 Å². The SMILES string of the molecule is Nc1cnc(-c2ccc3ncccc3c2)c(-c2ccccn2)n1. The van der Waals surface area contributed by atoms with Gasteiger partial charge in [-0.3, -0.25) is 15.0 Å². The predicted octanol–water partition coefficient (Wildman–Crippen LogP) is 3.34. The molecule has 0 aliphatic carbocycles. The van der Waals surface area contributed by atoms with Crippen molar-refractivity contribution in [1.29, 1.82) is 0 Å². The van der Waals surface area contributed by atoms with Crippen LogP contribution in [0.1, 0.15) is 0 Å². The molecule has 3 heterocycles. The molecular formula is C18H13N5. The summed E-state index contributed by atoms with van der Waals surface area (Å²) in [4.78, 5) is 17.6. The number of benzene rings is 1. The van der Waals surface area contributed by atoms with Gasteiger partial charge in [-0.2, -0.15) is 0 Å². The van der Waals surface area contributed by atoms with Crippen molar-refractivity contribution in [3.8, 4) is 22.6 Å². The molecule has 0 aliphatic heterocycles. The van der Waals surface area contributed by atoms with Crippen LogP contribution in [0, 0.1) is 0 Å². The molecule has 0 fully saturated rings. The van der Waals surface area contributed by atoms with Gasteiger partial charge < -0.3 is 5.73 Å². The van der Waals surface area contributed by atoms with Crippen LogP contribution in [0.3, 0.4) is 0 Å². The Labute approximate surface area is 132 Å². The van der Waals surface area contributed by atoms with Crippen molar-refractivity contribution in [2.45, 2.75) is 0 Å². The summed E-state index contributed by atoms with van der Waals surface area (Å²) in [5.74, 6) is 0.372. The third-order valence-corrected chi connectivity index (χ3v) is 3.58. The number of nitrogens with two attached hydrogens (primary N) is 1. The molecular weight excluding hydrogens is 286 g/mol. The Morgan fingerprint density at radius 1 is 0.783 bits per heavy atom. The zero-order valence-electron chi connectivity index (χ0n) is 12.2. The van der Waals surface area contributed by atoms with Crippen LogP contribution in [0.4, 0.5) is 5.82 Å². The zero-order valence-corrected chi connectivity index (χ0v) is 12.2. The minimum absolute atomic E-state index is 0.372. The topological polar surface area (TPSA) is 77.6 Å². The Morgan fingerprint density at radius 2 is 1.70 bits per heavy atom. The first-order chi connectivity index (χ1) is 11.3. The molecule has 4 aromatic rings. The van der Waals surface area contributed by atoms with E-state index in [0.29, 0.717) is 11.5 Å². The van der Waals surface area contributed by atoms with E-state index in [2.05, 4.69) is 26.0 Å². The van der Waals surface area contributed by atoms with Crippen LogP contribution >= 0.6 is 0 Å². The fourth-order valence-corrected chi connectivity index (χ4v) is 2.52. The largest absolute Gasteiger partial charge is 0.382 e. The van der Waals surface area contributed by atoms with Crippen LogP contribution in [0.15, 0.2) is 67.1 Å². The van der Waals surface area contributed by atoms with Gasteiger partial charge in [-0.15, -0.1) is 0 Å². The minimum Gasteiger partial charge on any atom is -0.382 e. The average Bonchev–Trinajstić information content (AvgIpc) is 2.62. The van der Waals surface area contributed by atoms with E-state index >= 15 is 0 Å². The van der Waals surface area contributed by atoms with Gasteiger partial charge in [0.15, 0.2) is 0 Å². The van der Waals surface area contributed by atoms with E-state index in [4.69, 9.17) is 5.73 Å². The van der Waals surface area contributed by atoms with Gasteiger partial charge in [0.25, 0.3) is 0 Å². The summed E-state index contributed by atoms with van der Waals surface area (Å²) < 4.78 is 0. The number of anilines is 1. The van der Waals surface area contributed by atoms with Crippen molar-refractivity contribution < 1.29 is 0 Å². The summed E-state index contributed by atoms with van der Waals surface area (Å²) in [7, 11) is 0. The van der Waals surface area contributed by atoms with Crippen molar-refractivity contribution in [3.05, 3.63) is 67.1 Å². The lowest BCUT2D eigenvalue weighted by molar-refractivity contribution is 1.19. The summed E-state index contributed by atoms with van der Waals surface area (Å²) in [6, 6.07) is 15.6. The van der Waals surface area contributed by atoms with Crippen molar-refractivity contribution in [2.75, 3.05) is 5.73 Å². The zero-order chi connectivity index (χ0) is 15.6. The van der Waals surface area contributed by atoms with Gasteiger partial charge in [-0.1, -0.05) is 18.2 Å². The van der Waals surface area contributed by atoms with Crippen LogP contribution in [0.5, 0.6) is 0 Å². The standard InChI is InChI=1S/C18H13N5/c19-16-11-22-17(18(23-16)15-5-1-2-8-21-15)13-6-7-14-12(10-13)4-3-9-20-14/h1-11H,(H2,19,23). The van der Waals surface area contributed by atoms with Gasteiger partial charge in [-0.25, -0.2) is 4.98 Å². The third-order valence-electron chi connectivity index (χ3n) is 3.58. The van der Waals surface area contributed by atoms with Crippen molar-refractivity contribution >= 4 is 16.7 Å². The maximum atomic E-state index is 5.82. The molecule has 3 aromatic heterocycles. The quantitative estimate of drug-likeness (QED) is 0.614. The normalized spacial score (nSPS) is 10.8. The minimum atomic E-state index is 0.372. The Morgan fingerprint density at radius 3 is 2.57 bits per heavy atom. The van der Waals surface area contributed by atoms with Crippen molar-refractivity contribution in [2.24, 2.45) is 0 Å². The smallest absolute Gasteiger partial charge is 0.142 e. The molecule has 1 aromatic carbocycles. The van der Waals surface area contributed by atoms with Gasteiger partial charge in [0, 0.05) is 23.3 Å². The molecule has 0 saturated carbocycles. The average molecular weight is 299 g/mol. The molecule has 0 aliphatic rings. The lowest BCUT2D eigenvalue weighted by Gasteiger charge is -2.09. The molecule has 0 spiro atoms. The molecule has 0 unspecified atom stereocenters. The predicted molar refractivity (Wildman–Crippen MR) is 90.4 cm³/mol. The first-order valence-corrected chi connectivity index (χ1v) is 7.20. The number of pyridine rings is 2. The van der Waals surface area contributed by atoms with Crippen molar-refractivity contribution in [1.82, 2.24) is 19.9 Å². The fraction of sp³-hybridized carbons (Fsp3) is 0. The third kappa shape index (κ3) is 2.48. The molecule has 2 N–H and O–H groups in total. The summed E-state index contributed by atoms with van der Waals surface area (Å²) >= 11 is 0. The van der Waals surface area contributed by atoms with E-state index in [9.17, 15) is 0 Å². The van der Waals surface area contributed by atoms with E-state index in [-0.39, 0.29) is 0 Å². The lowest BCUT2D eigenvalue weighted by Crippen LogP contribution is -1.99. The Bertz CT molecular complexity index is 983. The Kier molecular flexibility index (Phi) is 3.16. The van der Waals surface area contributed by atoms with Crippen LogP contribution < -0.4 is 5.73 Å². The second kappa shape index (κ2) is 5.46. The molecule has 0 saturated heterocycles. The van der Waals surface area contributed by atoms with Crippen LogP contribution in [0.2, 0.25) is 0 Å². The molecule has 5 nitrogen and oxygen atoms in total. The second-order valence-electron chi connectivity index (χ2n) is 5.12. The highest BCUT2D eigenvalue weighted by Gasteiger charge is 2.13. The molecule has 0 bridgehead atoms. The van der Waals surface area contributed by atoms with E-state index in [1.165, 1.54) is 0 Å².